The summed E-state index contributed by atoms with van der Waals surface area (Å²) < 4.78 is 30.7. The second-order valence-electron chi connectivity index (χ2n) is 27.0. The van der Waals surface area contributed by atoms with Crippen molar-refractivity contribution in [2.75, 3.05) is 58.3 Å². The van der Waals surface area contributed by atoms with E-state index in [4.69, 9.17) is 33.7 Å². The number of anilines is 6. The van der Waals surface area contributed by atoms with E-state index in [1.54, 1.807) is 48.5 Å². The number of hydrogen-bond donors (Lipinski definition) is 6. The molecular formula is C80H73N15O15. The zero-order valence-corrected chi connectivity index (χ0v) is 60.7. The third-order valence-electron chi connectivity index (χ3n) is 16.2. The molecule has 0 radical (unpaired) electrons. The maximum atomic E-state index is 14.4. The van der Waals surface area contributed by atoms with E-state index in [0.29, 0.717) is 21.5 Å². The Morgan fingerprint density at radius 1 is 0.327 bits per heavy atom. The summed E-state index contributed by atoms with van der Waals surface area (Å²) in [5, 5.41) is 42.3. The van der Waals surface area contributed by atoms with Gasteiger partial charge in [-0.25, -0.2) is 34.9 Å². The van der Waals surface area contributed by atoms with Gasteiger partial charge in [0.1, 0.15) is 92.8 Å². The number of amides is 6. The fourth-order valence-corrected chi connectivity index (χ4v) is 11.1. The Morgan fingerprint density at radius 3 is 0.945 bits per heavy atom. The molecule has 0 bridgehead atoms. The smallest absolute Gasteiger partial charge is 0.295 e. The first kappa shape index (κ1) is 75.5. The van der Waals surface area contributed by atoms with Crippen LogP contribution in [0.3, 0.4) is 0 Å². The summed E-state index contributed by atoms with van der Waals surface area (Å²) in [5.41, 5.74) is -0.686. The summed E-state index contributed by atoms with van der Waals surface area (Å²) in [6, 6.07) is 45.1. The predicted molar refractivity (Wildman–Crippen MR) is 413 cm³/mol. The standard InChI is InChI=1S/C80H73N15O15/c1-43(2)38-107-63-36-59(82-71-49(63)20-12-24-53(71)86-75(96)57-34-65(109-40-45(5)6)51-22-14-26-61(94(102)103)73(51)84-57)79(100)92-69-30-16-28-67(88-69)90-77(98)55-32-48(106-42-47-18-10-9-11-19-47)33-56(81-55)78(99)91-68-29-17-31-70(89-68)93-80(101)60-37-64(108-39-44(3)4)50-21-13-25-54(72(50)83-60)87-76(97)58-35-66(110-41-46(7)8)52-23-15-27-62(95(104)105)74(52)85-58/h9-37,43-46H,38-42H2,1-8H3,(H,86,96)(H,87,97)(H2,88,90,92,98,100)(H2,89,91,93,99,101). The Hall–Kier alpha value is -14.2. The van der Waals surface area contributed by atoms with E-state index in [1.807, 2.05) is 85.7 Å². The van der Waals surface area contributed by atoms with Crippen molar-refractivity contribution < 1.29 is 62.3 Å². The molecule has 7 aromatic heterocycles. The second-order valence-corrected chi connectivity index (χ2v) is 27.0. The van der Waals surface area contributed by atoms with Crippen LogP contribution in [-0.4, -0.2) is 107 Å². The van der Waals surface area contributed by atoms with Gasteiger partial charge in [-0.1, -0.05) is 122 Å². The molecule has 12 rings (SSSR count). The van der Waals surface area contributed by atoms with Crippen LogP contribution in [-0.2, 0) is 6.61 Å². The van der Waals surface area contributed by atoms with Crippen molar-refractivity contribution in [2.45, 2.75) is 62.0 Å². The fourth-order valence-electron chi connectivity index (χ4n) is 11.1. The van der Waals surface area contributed by atoms with Crippen LogP contribution in [0.2, 0.25) is 0 Å². The molecule has 0 spiro atoms. The molecule has 0 atom stereocenters. The third-order valence-corrected chi connectivity index (χ3v) is 16.2. The highest BCUT2D eigenvalue weighted by molar-refractivity contribution is 6.14. The van der Waals surface area contributed by atoms with Gasteiger partial charge in [0.2, 0.25) is 0 Å². The van der Waals surface area contributed by atoms with E-state index >= 15 is 0 Å². The zero-order valence-electron chi connectivity index (χ0n) is 60.7. The highest BCUT2D eigenvalue weighted by Gasteiger charge is 2.27. The van der Waals surface area contributed by atoms with Crippen LogP contribution in [0.1, 0.15) is 124 Å². The quantitative estimate of drug-likeness (QED) is 0.0187. The molecule has 6 N–H and O–H groups in total. The predicted octanol–water partition coefficient (Wildman–Crippen LogP) is 15.1. The molecule has 0 aliphatic heterocycles. The van der Waals surface area contributed by atoms with Crippen molar-refractivity contribution in [1.82, 2.24) is 34.9 Å². The van der Waals surface area contributed by atoms with Crippen LogP contribution in [0.5, 0.6) is 28.7 Å². The number of para-hydroxylation sites is 4. The molecule has 0 saturated carbocycles. The van der Waals surface area contributed by atoms with Gasteiger partial charge in [-0.3, -0.25) is 49.0 Å². The number of benzene rings is 5. The minimum atomic E-state index is -0.844. The van der Waals surface area contributed by atoms with Gasteiger partial charge < -0.3 is 55.6 Å². The molecule has 0 aliphatic rings. The Kier molecular flexibility index (Phi) is 23.0. The Morgan fingerprint density at radius 2 is 0.618 bits per heavy atom. The van der Waals surface area contributed by atoms with Crippen molar-refractivity contribution >= 4 is 125 Å². The monoisotopic (exact) mass is 1480 g/mol. The number of hydrogen-bond acceptors (Lipinski definition) is 22. The molecule has 6 amide bonds. The van der Waals surface area contributed by atoms with E-state index in [-0.39, 0.29) is 188 Å². The average molecular weight is 1480 g/mol. The lowest BCUT2D eigenvalue weighted by Gasteiger charge is -2.16. The van der Waals surface area contributed by atoms with Crippen LogP contribution in [0.15, 0.2) is 176 Å². The van der Waals surface area contributed by atoms with Crippen molar-refractivity contribution in [1.29, 1.82) is 0 Å². The average Bonchev–Trinajstić information content (AvgIpc) is 0.780. The first-order chi connectivity index (χ1) is 52.9. The molecule has 5 aromatic carbocycles. The summed E-state index contributed by atoms with van der Waals surface area (Å²) in [5.74, 6) is -3.63. The number of non-ortho nitro benzene ring substituents is 2. The van der Waals surface area contributed by atoms with Crippen LogP contribution in [0, 0.1) is 43.9 Å². The number of nitrogens with zero attached hydrogens (tertiary/aromatic N) is 9. The summed E-state index contributed by atoms with van der Waals surface area (Å²) in [7, 11) is 0. The van der Waals surface area contributed by atoms with Gasteiger partial charge in [0, 0.05) is 70.1 Å². The summed E-state index contributed by atoms with van der Waals surface area (Å²) in [4.78, 5) is 141. The number of rotatable bonds is 29. The lowest BCUT2D eigenvalue weighted by molar-refractivity contribution is -0.383. The Bertz CT molecular complexity index is 5290. The third kappa shape index (κ3) is 18.2. The van der Waals surface area contributed by atoms with Gasteiger partial charge in [-0.05, 0) is 89.9 Å². The first-order valence-corrected chi connectivity index (χ1v) is 34.9. The molecule has 7 heterocycles. The van der Waals surface area contributed by atoms with Gasteiger partial charge in [0.05, 0.1) is 58.7 Å². The van der Waals surface area contributed by atoms with Gasteiger partial charge >= 0.3 is 0 Å². The number of carbonyl (C=O) groups excluding carboxylic acids is 6. The van der Waals surface area contributed by atoms with E-state index in [2.05, 4.69) is 56.8 Å². The lowest BCUT2D eigenvalue weighted by Crippen LogP contribution is -2.21. The summed E-state index contributed by atoms with van der Waals surface area (Å²) in [6.07, 6.45) is 0. The molecule has 12 aromatic rings. The molecule has 0 unspecified atom stereocenters. The van der Waals surface area contributed by atoms with Gasteiger partial charge in [-0.15, -0.1) is 0 Å². The normalized spacial score (nSPS) is 11.2. The molecule has 558 valence electrons. The Balaban J connectivity index is 0.772. The minimum absolute atomic E-state index is 0.0272. The molecule has 0 fully saturated rings. The van der Waals surface area contributed by atoms with Gasteiger partial charge in [0.15, 0.2) is 11.0 Å². The molecule has 110 heavy (non-hydrogen) atoms. The molecule has 0 aliphatic carbocycles. The number of fused-ring (bicyclic) bond motifs is 4. The maximum Gasteiger partial charge on any atom is 0.295 e. The zero-order chi connectivity index (χ0) is 77.9. The summed E-state index contributed by atoms with van der Waals surface area (Å²) in [6.45, 7) is 16.5. The number of pyridine rings is 7. The number of ether oxygens (including phenoxy) is 5. The fraction of sp³-hybridized carbons (Fsp3) is 0.212. The first-order valence-electron chi connectivity index (χ1n) is 34.9. The minimum Gasteiger partial charge on any atom is -0.493 e. The Labute approximate surface area is 628 Å². The van der Waals surface area contributed by atoms with E-state index in [0.717, 1.165) is 5.56 Å². The molecule has 30 heteroatoms. The van der Waals surface area contributed by atoms with Crippen LogP contribution in [0.4, 0.5) is 46.0 Å². The van der Waals surface area contributed by atoms with Gasteiger partial charge in [0.25, 0.3) is 46.8 Å². The number of nitro groups is 2. The molecule has 0 saturated heterocycles. The largest absolute Gasteiger partial charge is 0.493 e. The second kappa shape index (κ2) is 33.5. The highest BCUT2D eigenvalue weighted by Crippen LogP contribution is 2.38. The number of nitro benzene ring substituents is 2. The number of aromatic nitrogens is 7. The number of nitrogens with one attached hydrogen (secondary N) is 6. The topological polar surface area (TPSA) is 397 Å². The SMILES string of the molecule is CC(C)COc1cc(C(=O)Nc2cccc(NC(=O)c3cc(OCc4ccccc4)cc(C(=O)Nc4cccc(NC(=O)c5cc(OCC(C)C)c6cccc(NC(=O)c7cc(OCC(C)C)c8cccc([N+](=O)[O-])c8n7)c6n5)n4)n3)n2)nc2c(NC(=O)c3cc(OCC(C)C)c4cccc([N+](=O)[O-])c4n3)cccc12. The van der Waals surface area contributed by atoms with Crippen molar-refractivity contribution in [3.63, 3.8) is 0 Å². The summed E-state index contributed by atoms with van der Waals surface area (Å²) >= 11 is 0. The van der Waals surface area contributed by atoms with E-state index < -0.39 is 45.3 Å². The lowest BCUT2D eigenvalue weighted by atomic mass is 10.1. The highest BCUT2D eigenvalue weighted by atomic mass is 16.6. The van der Waals surface area contributed by atoms with Gasteiger partial charge in [-0.2, -0.15) is 0 Å². The van der Waals surface area contributed by atoms with Crippen LogP contribution in [0.25, 0.3) is 43.6 Å². The van der Waals surface area contributed by atoms with Crippen LogP contribution < -0.4 is 55.6 Å². The van der Waals surface area contributed by atoms with E-state index in [9.17, 15) is 49.0 Å². The van der Waals surface area contributed by atoms with E-state index in [1.165, 1.54) is 97.1 Å². The van der Waals surface area contributed by atoms with Crippen molar-refractivity contribution in [2.24, 2.45) is 23.7 Å². The van der Waals surface area contributed by atoms with Crippen molar-refractivity contribution in [3.8, 4) is 28.7 Å². The molecule has 30 nitrogen and oxygen atoms in total. The molecular weight excluding hydrogens is 1410 g/mol. The maximum absolute atomic E-state index is 14.4. The van der Waals surface area contributed by atoms with Crippen LogP contribution >= 0.6 is 0 Å². The number of carbonyl (C=O) groups is 6. The van der Waals surface area contributed by atoms with Crippen molar-refractivity contribution in [3.05, 3.63) is 236 Å².